The largest absolute Gasteiger partial charge is 0.0845 e. The zero-order valence-electron chi connectivity index (χ0n) is 6.93. The molecule has 4 fully saturated rings. The standard InChI is InChI=1S/C12H12/c1-3-7-9-5(1)6-2-4-8(9)12-10(6)11(7)12/h1-12H. The summed E-state index contributed by atoms with van der Waals surface area (Å²) in [5.74, 6) is 8.47. The molecule has 0 atom stereocenters. The van der Waals surface area contributed by atoms with Crippen LogP contribution >= 0.6 is 0 Å². The third-order valence-electron chi connectivity index (χ3n) is 5.41. The van der Waals surface area contributed by atoms with Gasteiger partial charge in [0.2, 0.25) is 0 Å². The molecule has 0 N–H and O–H groups in total. The molecule has 4 saturated carbocycles. The molecule has 0 aromatic carbocycles. The van der Waals surface area contributed by atoms with Crippen LogP contribution in [-0.4, -0.2) is 0 Å². The Bertz CT molecular complexity index is 332. The molecular weight excluding hydrogens is 144 g/mol. The van der Waals surface area contributed by atoms with Crippen molar-refractivity contribution < 1.29 is 0 Å². The van der Waals surface area contributed by atoms with Gasteiger partial charge in [0.15, 0.2) is 0 Å². The van der Waals surface area contributed by atoms with Crippen molar-refractivity contribution in [3.05, 3.63) is 24.3 Å². The molecule has 0 amide bonds. The van der Waals surface area contributed by atoms with Crippen LogP contribution in [-0.2, 0) is 0 Å². The highest BCUT2D eigenvalue weighted by atomic mass is 14.8. The molecule has 60 valence electrons. The van der Waals surface area contributed by atoms with Gasteiger partial charge in [-0.25, -0.2) is 0 Å². The van der Waals surface area contributed by atoms with Gasteiger partial charge in [-0.05, 0) is 47.3 Å². The van der Waals surface area contributed by atoms with E-state index in [0.717, 1.165) is 47.3 Å². The summed E-state index contributed by atoms with van der Waals surface area (Å²) in [6.07, 6.45) is 10.2. The number of hydrogen-bond acceptors (Lipinski definition) is 0. The van der Waals surface area contributed by atoms with Gasteiger partial charge in [-0.15, -0.1) is 0 Å². The first kappa shape index (κ1) is 5.26. The summed E-state index contributed by atoms with van der Waals surface area (Å²) in [6.45, 7) is 0. The van der Waals surface area contributed by atoms with E-state index in [2.05, 4.69) is 24.3 Å². The number of hydrogen-bond donors (Lipinski definition) is 0. The second kappa shape index (κ2) is 1.25. The molecule has 0 heteroatoms. The molecule has 7 aliphatic carbocycles. The minimum atomic E-state index is 0.977. The summed E-state index contributed by atoms with van der Waals surface area (Å²) >= 11 is 0. The lowest BCUT2D eigenvalue weighted by molar-refractivity contribution is 0.116. The normalized spacial score (nSPS) is 77.3. The van der Waals surface area contributed by atoms with E-state index in [9.17, 15) is 0 Å². The third kappa shape index (κ3) is 0.302. The van der Waals surface area contributed by atoms with E-state index in [0.29, 0.717) is 0 Å². The lowest BCUT2D eigenvalue weighted by Crippen LogP contribution is -2.39. The van der Waals surface area contributed by atoms with Crippen LogP contribution in [0.3, 0.4) is 0 Å². The van der Waals surface area contributed by atoms with Crippen LogP contribution in [0.4, 0.5) is 0 Å². The smallest absolute Gasteiger partial charge is 0.0128 e. The molecular formula is C12H12. The van der Waals surface area contributed by atoms with E-state index in [-0.39, 0.29) is 0 Å². The van der Waals surface area contributed by atoms with Crippen molar-refractivity contribution in [2.45, 2.75) is 0 Å². The molecule has 0 spiro atoms. The molecule has 8 bridgehead atoms. The molecule has 0 aromatic rings. The van der Waals surface area contributed by atoms with Gasteiger partial charge in [-0.3, -0.25) is 0 Å². The minimum Gasteiger partial charge on any atom is -0.0845 e. The highest BCUT2D eigenvalue weighted by Crippen LogP contribution is 2.79. The fourth-order valence-electron chi connectivity index (χ4n) is 5.26. The average molecular weight is 156 g/mol. The molecule has 12 heavy (non-hydrogen) atoms. The lowest BCUT2D eigenvalue weighted by Gasteiger charge is -2.43. The van der Waals surface area contributed by atoms with Gasteiger partial charge in [0.05, 0.1) is 0 Å². The monoisotopic (exact) mass is 156 g/mol. The van der Waals surface area contributed by atoms with Gasteiger partial charge in [-0.1, -0.05) is 24.3 Å². The average Bonchev–Trinajstić information content (AvgIpc) is 2.64. The molecule has 7 rings (SSSR count). The van der Waals surface area contributed by atoms with Crippen molar-refractivity contribution in [2.75, 3.05) is 0 Å². The van der Waals surface area contributed by atoms with Crippen LogP contribution in [0, 0.1) is 47.3 Å². The van der Waals surface area contributed by atoms with Crippen LogP contribution in [0.1, 0.15) is 0 Å². The maximum atomic E-state index is 2.56. The Kier molecular flexibility index (Phi) is 0.547. The fraction of sp³-hybridized carbons (Fsp3) is 0.667. The summed E-state index contributed by atoms with van der Waals surface area (Å²) < 4.78 is 0. The SMILES string of the molecule is C1=CC2C3C1C1C=CC3C3C1C23. The maximum absolute atomic E-state index is 2.56. The second-order valence-electron chi connectivity index (χ2n) is 5.39. The van der Waals surface area contributed by atoms with Crippen molar-refractivity contribution in [1.29, 1.82) is 0 Å². The molecule has 0 unspecified atom stereocenters. The Morgan fingerprint density at radius 3 is 1.42 bits per heavy atom. The first-order valence-electron chi connectivity index (χ1n) is 5.33. The Hall–Kier alpha value is -0.520. The summed E-state index contributed by atoms with van der Waals surface area (Å²) in [6, 6.07) is 0. The van der Waals surface area contributed by atoms with Crippen molar-refractivity contribution in [3.63, 3.8) is 0 Å². The predicted octanol–water partition coefficient (Wildman–Crippen LogP) is 2.10. The van der Waals surface area contributed by atoms with E-state index in [1.807, 2.05) is 0 Å². The van der Waals surface area contributed by atoms with E-state index in [1.54, 1.807) is 0 Å². The van der Waals surface area contributed by atoms with E-state index in [4.69, 9.17) is 0 Å². The first-order valence-corrected chi connectivity index (χ1v) is 5.33. The molecule has 0 radical (unpaired) electrons. The summed E-state index contributed by atoms with van der Waals surface area (Å²) in [7, 11) is 0. The lowest BCUT2D eigenvalue weighted by atomic mass is 9.61. The quantitative estimate of drug-likeness (QED) is 0.471. The maximum Gasteiger partial charge on any atom is -0.0128 e. The fourth-order valence-corrected chi connectivity index (χ4v) is 5.26. The second-order valence-corrected chi connectivity index (χ2v) is 5.39. The van der Waals surface area contributed by atoms with Gasteiger partial charge < -0.3 is 0 Å². The first-order chi connectivity index (χ1) is 5.97. The Balaban J connectivity index is 1.90. The topological polar surface area (TPSA) is 0 Å². The zero-order chi connectivity index (χ0) is 7.45. The van der Waals surface area contributed by atoms with Crippen LogP contribution < -0.4 is 0 Å². The summed E-state index contributed by atoms with van der Waals surface area (Å²) in [4.78, 5) is 0. The predicted molar refractivity (Wildman–Crippen MR) is 46.2 cm³/mol. The Labute approximate surface area is 72.3 Å². The van der Waals surface area contributed by atoms with Crippen molar-refractivity contribution in [2.24, 2.45) is 47.3 Å². The van der Waals surface area contributed by atoms with Gasteiger partial charge in [0.25, 0.3) is 0 Å². The molecule has 0 nitrogen and oxygen atoms in total. The Morgan fingerprint density at radius 2 is 0.833 bits per heavy atom. The van der Waals surface area contributed by atoms with Crippen LogP contribution in [0.15, 0.2) is 24.3 Å². The van der Waals surface area contributed by atoms with Gasteiger partial charge >= 0.3 is 0 Å². The van der Waals surface area contributed by atoms with Gasteiger partial charge in [0.1, 0.15) is 0 Å². The zero-order valence-corrected chi connectivity index (χ0v) is 6.93. The van der Waals surface area contributed by atoms with Crippen molar-refractivity contribution in [1.82, 2.24) is 0 Å². The highest BCUT2D eigenvalue weighted by molar-refractivity contribution is 5.38. The summed E-state index contributed by atoms with van der Waals surface area (Å²) in [5, 5.41) is 0. The Morgan fingerprint density at radius 1 is 0.417 bits per heavy atom. The van der Waals surface area contributed by atoms with E-state index in [1.165, 1.54) is 0 Å². The van der Waals surface area contributed by atoms with E-state index < -0.39 is 0 Å². The van der Waals surface area contributed by atoms with Crippen LogP contribution in [0.25, 0.3) is 0 Å². The number of allylic oxidation sites excluding steroid dienone is 4. The highest BCUT2D eigenvalue weighted by Gasteiger charge is 2.75. The number of rotatable bonds is 0. The molecule has 0 saturated heterocycles. The molecule has 0 heterocycles. The molecule has 7 aliphatic rings. The summed E-state index contributed by atoms with van der Waals surface area (Å²) in [5.41, 5.74) is 0. The van der Waals surface area contributed by atoms with Crippen LogP contribution in [0.5, 0.6) is 0 Å². The third-order valence-corrected chi connectivity index (χ3v) is 5.41. The van der Waals surface area contributed by atoms with E-state index >= 15 is 0 Å². The van der Waals surface area contributed by atoms with Crippen LogP contribution in [0.2, 0.25) is 0 Å². The van der Waals surface area contributed by atoms with Gasteiger partial charge in [-0.2, -0.15) is 0 Å². The molecule has 0 aromatic heterocycles. The van der Waals surface area contributed by atoms with Gasteiger partial charge in [0, 0.05) is 0 Å². The van der Waals surface area contributed by atoms with Crippen molar-refractivity contribution in [3.8, 4) is 0 Å². The molecule has 0 aliphatic heterocycles. The minimum absolute atomic E-state index is 0.977. The van der Waals surface area contributed by atoms with Crippen molar-refractivity contribution >= 4 is 0 Å².